The van der Waals surface area contributed by atoms with E-state index < -0.39 is 53.5 Å². The zero-order valence-corrected chi connectivity index (χ0v) is 9.83. The monoisotopic (exact) mass is 321 g/mol. The van der Waals surface area contributed by atoms with Gasteiger partial charge in [-0.15, -0.1) is 0 Å². The molecule has 0 rings (SSSR count). The first-order valence-corrected chi connectivity index (χ1v) is 6.12. The average molecular weight is 321 g/mol. The minimum Gasteiger partial charge on any atom is -0.748 e. The van der Waals surface area contributed by atoms with Crippen LogP contribution in [0.3, 0.4) is 0 Å². The zero-order chi connectivity index (χ0) is 15.5. The third-order valence-corrected chi connectivity index (χ3v) is 2.57. The summed E-state index contributed by atoms with van der Waals surface area (Å²) < 4.78 is 119. The van der Waals surface area contributed by atoms with Crippen LogP contribution in [0.1, 0.15) is 6.42 Å². The minimum absolute atomic E-state index is 0.598. The van der Waals surface area contributed by atoms with Crippen molar-refractivity contribution in [2.75, 3.05) is 19.0 Å². The molecule has 4 nitrogen and oxygen atoms in total. The molecule has 0 aromatic heterocycles. The number of rotatable bonds is 7. The van der Waals surface area contributed by atoms with Crippen molar-refractivity contribution in [2.45, 2.75) is 24.4 Å². The molecule has 12 heteroatoms. The Labute approximate surface area is 103 Å². The van der Waals surface area contributed by atoms with Crippen LogP contribution in [0, 0.1) is 0 Å². The van der Waals surface area contributed by atoms with Crippen LogP contribution in [-0.4, -0.2) is 50.0 Å². The molecule has 0 bridgehead atoms. The molecule has 0 radical (unpaired) electrons. The van der Waals surface area contributed by atoms with Gasteiger partial charge in [0.1, 0.15) is 6.61 Å². The summed E-state index contributed by atoms with van der Waals surface area (Å²) in [5.41, 5.74) is 0. The van der Waals surface area contributed by atoms with Gasteiger partial charge in [0.25, 0.3) is 0 Å². The van der Waals surface area contributed by atoms with Crippen LogP contribution in [-0.2, 0) is 14.9 Å². The van der Waals surface area contributed by atoms with Crippen LogP contribution in [0.15, 0.2) is 0 Å². The van der Waals surface area contributed by atoms with E-state index in [0.29, 0.717) is 0 Å². The Morgan fingerprint density at radius 2 is 1.47 bits per heavy atom. The van der Waals surface area contributed by atoms with Gasteiger partial charge in [-0.1, -0.05) is 0 Å². The van der Waals surface area contributed by atoms with Gasteiger partial charge < -0.3 is 9.29 Å². The van der Waals surface area contributed by atoms with Gasteiger partial charge >= 0.3 is 18.0 Å². The third-order valence-electron chi connectivity index (χ3n) is 1.78. The van der Waals surface area contributed by atoms with E-state index in [2.05, 4.69) is 4.74 Å². The van der Waals surface area contributed by atoms with Gasteiger partial charge in [0.15, 0.2) is 0 Å². The largest absolute Gasteiger partial charge is 0.748 e. The second-order valence-electron chi connectivity index (χ2n) is 3.44. The summed E-state index contributed by atoms with van der Waals surface area (Å²) in [5, 5.41) is 0. The maximum absolute atomic E-state index is 12.6. The van der Waals surface area contributed by atoms with Gasteiger partial charge in [-0.2, -0.15) is 30.7 Å². The second kappa shape index (κ2) is 5.79. The van der Waals surface area contributed by atoms with Gasteiger partial charge in [0, 0.05) is 12.4 Å². The van der Waals surface area contributed by atoms with Crippen molar-refractivity contribution < 1.29 is 48.4 Å². The second-order valence-corrected chi connectivity index (χ2v) is 4.97. The lowest BCUT2D eigenvalue weighted by Gasteiger charge is -2.27. The number of alkyl halides is 7. The topological polar surface area (TPSA) is 66.4 Å². The highest BCUT2D eigenvalue weighted by Crippen LogP contribution is 2.46. The van der Waals surface area contributed by atoms with E-state index in [4.69, 9.17) is 0 Å². The van der Waals surface area contributed by atoms with Crippen molar-refractivity contribution in [1.82, 2.24) is 0 Å². The van der Waals surface area contributed by atoms with Crippen LogP contribution >= 0.6 is 0 Å². The van der Waals surface area contributed by atoms with Crippen molar-refractivity contribution in [2.24, 2.45) is 0 Å². The summed E-state index contributed by atoms with van der Waals surface area (Å²) in [6.07, 6.45) is -7.04. The number of hydrogen-bond acceptors (Lipinski definition) is 4. The first-order chi connectivity index (χ1) is 8.21. The Bertz CT molecular complexity index is 389. The van der Waals surface area contributed by atoms with E-state index in [-0.39, 0.29) is 0 Å². The molecule has 0 saturated heterocycles. The molecule has 116 valence electrons. The normalized spacial score (nSPS) is 14.7. The number of hydrogen-bond donors (Lipinski definition) is 0. The van der Waals surface area contributed by atoms with E-state index >= 15 is 0 Å². The van der Waals surface area contributed by atoms with E-state index in [1.807, 2.05) is 0 Å². The first kappa shape index (κ1) is 18.4. The van der Waals surface area contributed by atoms with Gasteiger partial charge in [0.05, 0.1) is 10.1 Å². The highest BCUT2D eigenvalue weighted by Gasteiger charge is 2.72. The summed E-state index contributed by atoms with van der Waals surface area (Å²) in [7, 11) is -4.64. The molecular weight excluding hydrogens is 313 g/mol. The van der Waals surface area contributed by atoms with Gasteiger partial charge in [-0.25, -0.2) is 8.42 Å². The third kappa shape index (κ3) is 5.48. The van der Waals surface area contributed by atoms with E-state index in [1.165, 1.54) is 0 Å². The Balaban J connectivity index is 4.33. The molecule has 0 aliphatic carbocycles. The SMILES string of the molecule is O=S(=O)([O-])CCCOCC(F)(F)C(F)(F)C(F)(F)F. The molecule has 0 heterocycles. The molecule has 0 aliphatic rings. The zero-order valence-electron chi connectivity index (χ0n) is 9.02. The smallest absolute Gasteiger partial charge is 0.459 e. The molecule has 0 fully saturated rings. The molecule has 0 N–H and O–H groups in total. The van der Waals surface area contributed by atoms with Crippen LogP contribution in [0.2, 0.25) is 0 Å². The molecule has 19 heavy (non-hydrogen) atoms. The molecular formula is C7H8F7O4S-. The molecule has 0 saturated carbocycles. The van der Waals surface area contributed by atoms with Gasteiger partial charge in [0.2, 0.25) is 0 Å². The van der Waals surface area contributed by atoms with Crippen LogP contribution < -0.4 is 0 Å². The fraction of sp³-hybridized carbons (Fsp3) is 1.00. The first-order valence-electron chi connectivity index (χ1n) is 4.54. The minimum atomic E-state index is -6.45. The maximum atomic E-state index is 12.6. The van der Waals surface area contributed by atoms with Crippen LogP contribution in [0.4, 0.5) is 30.7 Å². The molecule has 0 spiro atoms. The summed E-state index contributed by atoms with van der Waals surface area (Å²) in [5.74, 6) is -12.8. The molecule has 0 amide bonds. The van der Waals surface area contributed by atoms with E-state index in [0.717, 1.165) is 0 Å². The summed E-state index contributed by atoms with van der Waals surface area (Å²) >= 11 is 0. The van der Waals surface area contributed by atoms with Crippen molar-refractivity contribution in [3.8, 4) is 0 Å². The van der Waals surface area contributed by atoms with Gasteiger partial charge in [-0.05, 0) is 6.42 Å². The molecule has 0 unspecified atom stereocenters. The highest BCUT2D eigenvalue weighted by molar-refractivity contribution is 7.85. The summed E-state index contributed by atoms with van der Waals surface area (Å²) in [4.78, 5) is 0. The maximum Gasteiger partial charge on any atom is 0.459 e. The fourth-order valence-electron chi connectivity index (χ4n) is 0.836. The lowest BCUT2D eigenvalue weighted by atomic mass is 10.2. The van der Waals surface area contributed by atoms with Crippen LogP contribution in [0.25, 0.3) is 0 Å². The number of ether oxygens (including phenoxy) is 1. The Morgan fingerprint density at radius 3 is 1.84 bits per heavy atom. The Hall–Kier alpha value is -0.620. The van der Waals surface area contributed by atoms with Crippen molar-refractivity contribution in [3.05, 3.63) is 0 Å². The standard InChI is InChI=1S/C7H9F7O4S/c8-5(9,6(10,11)7(12,13)14)4-18-2-1-3-19(15,16)17/h1-4H2,(H,15,16,17)/p-1. The predicted molar refractivity (Wildman–Crippen MR) is 45.9 cm³/mol. The lowest BCUT2D eigenvalue weighted by Crippen LogP contribution is -2.54. The quantitative estimate of drug-likeness (QED) is 0.407. The lowest BCUT2D eigenvalue weighted by molar-refractivity contribution is -0.361. The average Bonchev–Trinajstić information content (AvgIpc) is 2.12. The van der Waals surface area contributed by atoms with Crippen molar-refractivity contribution in [3.63, 3.8) is 0 Å². The summed E-state index contributed by atoms with van der Waals surface area (Å²) in [6, 6.07) is 0. The number of halogens is 7. The predicted octanol–water partition coefficient (Wildman–Crippen LogP) is 1.77. The highest BCUT2D eigenvalue weighted by atomic mass is 32.2. The van der Waals surface area contributed by atoms with Crippen LogP contribution in [0.5, 0.6) is 0 Å². The summed E-state index contributed by atoms with van der Waals surface area (Å²) in [6.45, 7) is -3.12. The van der Waals surface area contributed by atoms with Crippen molar-refractivity contribution >= 4 is 10.1 Å². The Kier molecular flexibility index (Phi) is 5.60. The van der Waals surface area contributed by atoms with Crippen molar-refractivity contribution in [1.29, 1.82) is 0 Å². The molecule has 0 aromatic rings. The molecule has 0 atom stereocenters. The van der Waals surface area contributed by atoms with E-state index in [1.54, 1.807) is 0 Å². The van der Waals surface area contributed by atoms with E-state index in [9.17, 15) is 43.7 Å². The molecule has 0 aromatic carbocycles. The fourth-order valence-corrected chi connectivity index (χ4v) is 1.31. The molecule has 0 aliphatic heterocycles. The Morgan fingerprint density at radius 1 is 1.00 bits per heavy atom. The van der Waals surface area contributed by atoms with Gasteiger partial charge in [-0.3, -0.25) is 0 Å².